The fraction of sp³-hybridized carbons (Fsp3) is 0.611. The van der Waals surface area contributed by atoms with E-state index >= 15 is 0 Å². The van der Waals surface area contributed by atoms with Crippen LogP contribution in [0.2, 0.25) is 0 Å². The van der Waals surface area contributed by atoms with Crippen LogP contribution >= 0.6 is 0 Å². The number of hydrogen-bond donors (Lipinski definition) is 4. The number of rotatable bonds is 4. The number of nitrogens with zero attached hydrogens (tertiary/aromatic N) is 1. The SMILES string of the molecule is CC(C)(C)OC(=O)N1CCCC1[C@@H](O)[C@@H](N)Cc1ccccc1.NO. The second-order valence-electron chi connectivity index (χ2n) is 7.23. The molecular weight excluding hydrogens is 322 g/mol. The van der Waals surface area contributed by atoms with Crippen LogP contribution in [-0.2, 0) is 11.2 Å². The molecule has 2 rings (SSSR count). The summed E-state index contributed by atoms with van der Waals surface area (Å²) in [6.45, 7) is 6.13. The third kappa shape index (κ3) is 6.62. The Bertz CT molecular complexity index is 519. The van der Waals surface area contributed by atoms with E-state index in [-0.39, 0.29) is 12.1 Å². The smallest absolute Gasteiger partial charge is 0.410 e. The minimum Gasteiger partial charge on any atom is -0.444 e. The van der Waals surface area contributed by atoms with Crippen LogP contribution in [-0.4, -0.2) is 51.6 Å². The zero-order chi connectivity index (χ0) is 19.0. The Labute approximate surface area is 149 Å². The first kappa shape index (κ1) is 21.4. The molecule has 1 heterocycles. The van der Waals surface area contributed by atoms with Crippen LogP contribution in [0.5, 0.6) is 0 Å². The first-order chi connectivity index (χ1) is 11.8. The van der Waals surface area contributed by atoms with E-state index in [1.807, 2.05) is 51.1 Å². The summed E-state index contributed by atoms with van der Waals surface area (Å²) in [6, 6.07) is 9.16. The average Bonchev–Trinajstić information content (AvgIpc) is 3.05. The number of ether oxygens (including phenoxy) is 1. The maximum Gasteiger partial charge on any atom is 0.410 e. The number of nitrogens with two attached hydrogens (primary N) is 2. The Morgan fingerprint density at radius 3 is 2.48 bits per heavy atom. The zero-order valence-corrected chi connectivity index (χ0v) is 15.3. The van der Waals surface area contributed by atoms with Gasteiger partial charge in [0.25, 0.3) is 0 Å². The van der Waals surface area contributed by atoms with Crippen LogP contribution < -0.4 is 11.6 Å². The molecule has 6 N–H and O–H groups in total. The minimum atomic E-state index is -0.759. The van der Waals surface area contributed by atoms with E-state index in [4.69, 9.17) is 15.7 Å². The molecule has 142 valence electrons. The third-order valence-electron chi connectivity index (χ3n) is 4.07. The van der Waals surface area contributed by atoms with Gasteiger partial charge >= 0.3 is 6.09 Å². The topological polar surface area (TPSA) is 122 Å². The van der Waals surface area contributed by atoms with Gasteiger partial charge in [0, 0.05) is 12.6 Å². The molecular formula is C18H31N3O4. The molecule has 7 nitrogen and oxygen atoms in total. The highest BCUT2D eigenvalue weighted by Gasteiger charge is 2.38. The average molecular weight is 353 g/mol. The summed E-state index contributed by atoms with van der Waals surface area (Å²) in [5, 5.41) is 17.1. The summed E-state index contributed by atoms with van der Waals surface area (Å²) in [4.78, 5) is 13.9. The van der Waals surface area contributed by atoms with Crippen molar-refractivity contribution in [3.05, 3.63) is 35.9 Å². The van der Waals surface area contributed by atoms with Crippen LogP contribution in [0, 0.1) is 0 Å². The van der Waals surface area contributed by atoms with Crippen LogP contribution in [0.3, 0.4) is 0 Å². The van der Waals surface area contributed by atoms with Crippen molar-refractivity contribution in [2.45, 2.75) is 63.8 Å². The number of aliphatic hydroxyl groups excluding tert-OH is 1. The van der Waals surface area contributed by atoms with Crippen molar-refractivity contribution in [1.82, 2.24) is 4.90 Å². The monoisotopic (exact) mass is 353 g/mol. The van der Waals surface area contributed by atoms with Crippen molar-refractivity contribution < 1.29 is 19.8 Å². The predicted molar refractivity (Wildman–Crippen MR) is 96.1 cm³/mol. The number of likely N-dealkylation sites (tertiary alicyclic amines) is 1. The molecule has 0 spiro atoms. The third-order valence-corrected chi connectivity index (χ3v) is 4.07. The van der Waals surface area contributed by atoms with Gasteiger partial charge in [0.15, 0.2) is 0 Å². The number of amides is 1. The lowest BCUT2D eigenvalue weighted by atomic mass is 9.96. The van der Waals surface area contributed by atoms with Gasteiger partial charge in [0.05, 0.1) is 12.1 Å². The van der Waals surface area contributed by atoms with Gasteiger partial charge in [-0.25, -0.2) is 10.7 Å². The van der Waals surface area contributed by atoms with Crippen molar-refractivity contribution in [3.63, 3.8) is 0 Å². The van der Waals surface area contributed by atoms with Crippen molar-refractivity contribution in [2.75, 3.05) is 6.54 Å². The van der Waals surface area contributed by atoms with Gasteiger partial charge < -0.3 is 25.7 Å². The fourth-order valence-corrected chi connectivity index (χ4v) is 2.99. The minimum absolute atomic E-state index is 0.274. The van der Waals surface area contributed by atoms with E-state index in [0.717, 1.165) is 18.4 Å². The van der Waals surface area contributed by atoms with Gasteiger partial charge in [0.1, 0.15) is 5.60 Å². The van der Waals surface area contributed by atoms with Crippen molar-refractivity contribution in [3.8, 4) is 0 Å². The highest BCUT2D eigenvalue weighted by molar-refractivity contribution is 5.69. The first-order valence-corrected chi connectivity index (χ1v) is 8.51. The highest BCUT2D eigenvalue weighted by Crippen LogP contribution is 2.25. The van der Waals surface area contributed by atoms with E-state index in [1.165, 1.54) is 0 Å². The van der Waals surface area contributed by atoms with Crippen LogP contribution in [0.4, 0.5) is 4.79 Å². The Hall–Kier alpha value is -1.67. The molecule has 0 aliphatic carbocycles. The second kappa shape index (κ2) is 9.72. The van der Waals surface area contributed by atoms with Crippen molar-refractivity contribution >= 4 is 6.09 Å². The lowest BCUT2D eigenvalue weighted by Gasteiger charge is -2.33. The van der Waals surface area contributed by atoms with E-state index in [0.29, 0.717) is 13.0 Å². The summed E-state index contributed by atoms with van der Waals surface area (Å²) in [5.74, 6) is 3.50. The van der Waals surface area contributed by atoms with Gasteiger partial charge in [-0.3, -0.25) is 0 Å². The van der Waals surface area contributed by atoms with Crippen LogP contribution in [0.25, 0.3) is 0 Å². The molecule has 1 aromatic rings. The fourth-order valence-electron chi connectivity index (χ4n) is 2.99. The maximum absolute atomic E-state index is 12.3. The molecule has 1 unspecified atom stereocenters. The summed E-state index contributed by atoms with van der Waals surface area (Å²) >= 11 is 0. The van der Waals surface area contributed by atoms with E-state index in [2.05, 4.69) is 5.90 Å². The molecule has 1 fully saturated rings. The molecule has 3 atom stereocenters. The van der Waals surface area contributed by atoms with Gasteiger partial charge in [-0.05, 0) is 45.6 Å². The van der Waals surface area contributed by atoms with Crippen molar-refractivity contribution in [1.29, 1.82) is 0 Å². The normalized spacial score (nSPS) is 19.6. The Morgan fingerprint density at radius 1 is 1.32 bits per heavy atom. The Morgan fingerprint density at radius 2 is 1.92 bits per heavy atom. The van der Waals surface area contributed by atoms with Crippen molar-refractivity contribution in [2.24, 2.45) is 11.6 Å². The number of carbonyl (C=O) groups is 1. The number of carbonyl (C=O) groups excluding carboxylic acids is 1. The molecule has 0 aromatic heterocycles. The molecule has 1 aliphatic heterocycles. The molecule has 1 saturated heterocycles. The molecule has 25 heavy (non-hydrogen) atoms. The number of aliphatic hydroxyl groups is 1. The van der Waals surface area contributed by atoms with E-state index < -0.39 is 17.7 Å². The second-order valence-corrected chi connectivity index (χ2v) is 7.23. The molecule has 1 amide bonds. The van der Waals surface area contributed by atoms with Gasteiger partial charge in [-0.2, -0.15) is 0 Å². The van der Waals surface area contributed by atoms with E-state index in [9.17, 15) is 9.90 Å². The molecule has 1 aromatic carbocycles. The zero-order valence-electron chi connectivity index (χ0n) is 15.3. The maximum atomic E-state index is 12.3. The van der Waals surface area contributed by atoms with Crippen LogP contribution in [0.1, 0.15) is 39.2 Å². The summed E-state index contributed by atoms with van der Waals surface area (Å²) in [5.41, 5.74) is 6.73. The molecule has 7 heteroatoms. The molecule has 1 aliphatic rings. The lowest BCUT2D eigenvalue weighted by molar-refractivity contribution is 0.000867. The standard InChI is InChI=1S/C18H28N2O3.H3NO/c1-18(2,3)23-17(22)20-11-7-10-15(20)16(21)14(19)12-13-8-5-4-6-9-13;1-2/h4-6,8-9,14-16,21H,7,10-12,19H2,1-3H3;2H,1H2/t14-,15?,16-;/m0./s1. The van der Waals surface area contributed by atoms with Crippen LogP contribution in [0.15, 0.2) is 30.3 Å². The summed E-state index contributed by atoms with van der Waals surface area (Å²) in [6.07, 6.45) is 1.07. The predicted octanol–water partition coefficient (Wildman–Crippen LogP) is 1.65. The summed E-state index contributed by atoms with van der Waals surface area (Å²) < 4.78 is 5.44. The summed E-state index contributed by atoms with van der Waals surface area (Å²) in [7, 11) is 0. The lowest BCUT2D eigenvalue weighted by Crippen LogP contribution is -2.52. The van der Waals surface area contributed by atoms with Gasteiger partial charge in [-0.15, -0.1) is 0 Å². The van der Waals surface area contributed by atoms with Gasteiger partial charge in [-0.1, -0.05) is 30.3 Å². The van der Waals surface area contributed by atoms with Gasteiger partial charge in [0.2, 0.25) is 0 Å². The first-order valence-electron chi connectivity index (χ1n) is 8.51. The molecule has 0 saturated carbocycles. The Balaban J connectivity index is 0.00000151. The number of hydrogen-bond acceptors (Lipinski definition) is 6. The number of benzene rings is 1. The largest absolute Gasteiger partial charge is 0.444 e. The van der Waals surface area contributed by atoms with E-state index in [1.54, 1.807) is 4.90 Å². The Kier molecular flexibility index (Phi) is 8.31. The molecule has 0 bridgehead atoms. The molecule has 0 radical (unpaired) electrons. The quantitative estimate of drug-likeness (QED) is 0.611. The highest BCUT2D eigenvalue weighted by atomic mass is 16.6.